The topological polar surface area (TPSA) is 54.5 Å². The van der Waals surface area contributed by atoms with Crippen LogP contribution < -0.4 is 5.32 Å². The summed E-state index contributed by atoms with van der Waals surface area (Å²) < 4.78 is 5.60. The van der Waals surface area contributed by atoms with E-state index in [1.165, 1.54) is 0 Å². The van der Waals surface area contributed by atoms with Gasteiger partial charge in [0.15, 0.2) is 0 Å². The monoisotopic (exact) mass is 263 g/mol. The molecule has 2 rings (SSSR count). The molecule has 1 amide bonds. The highest BCUT2D eigenvalue weighted by Crippen LogP contribution is 2.17. The summed E-state index contributed by atoms with van der Waals surface area (Å²) >= 11 is 0. The third kappa shape index (κ3) is 3.23. The van der Waals surface area contributed by atoms with E-state index in [9.17, 15) is 4.79 Å². The van der Waals surface area contributed by atoms with Crippen molar-refractivity contribution in [1.82, 2.24) is 9.88 Å². The number of hydrogen-bond acceptors (Lipinski definition) is 4. The SMILES string of the molecule is CCNc1ncccc1C(=O)N1CCOC(CC)C1. The molecule has 5 nitrogen and oxygen atoms in total. The van der Waals surface area contributed by atoms with Crippen LogP contribution in [0.5, 0.6) is 0 Å². The Kier molecular flexibility index (Phi) is 4.74. The van der Waals surface area contributed by atoms with Gasteiger partial charge in [0.1, 0.15) is 5.82 Å². The number of aromatic nitrogens is 1. The molecular weight excluding hydrogens is 242 g/mol. The third-order valence-electron chi connectivity index (χ3n) is 3.26. The highest BCUT2D eigenvalue weighted by molar-refractivity contribution is 5.98. The lowest BCUT2D eigenvalue weighted by Crippen LogP contribution is -2.45. The highest BCUT2D eigenvalue weighted by Gasteiger charge is 2.25. The predicted octanol–water partition coefficient (Wildman–Crippen LogP) is 1.76. The van der Waals surface area contributed by atoms with E-state index in [4.69, 9.17) is 4.74 Å². The largest absolute Gasteiger partial charge is 0.375 e. The Morgan fingerprint density at radius 3 is 3.16 bits per heavy atom. The maximum absolute atomic E-state index is 12.5. The minimum absolute atomic E-state index is 0.0331. The van der Waals surface area contributed by atoms with Crippen LogP contribution in [-0.4, -0.2) is 48.1 Å². The first-order valence-electron chi connectivity index (χ1n) is 6.86. The quantitative estimate of drug-likeness (QED) is 0.899. The molecule has 0 spiro atoms. The Balaban J connectivity index is 2.14. The summed E-state index contributed by atoms with van der Waals surface area (Å²) in [5.41, 5.74) is 0.640. The standard InChI is InChI=1S/C14H21N3O2/c1-3-11-10-17(8-9-19-11)14(18)12-6-5-7-16-13(12)15-4-2/h5-7,11H,3-4,8-10H2,1-2H3,(H,15,16). The van der Waals surface area contributed by atoms with Gasteiger partial charge in [-0.05, 0) is 25.5 Å². The lowest BCUT2D eigenvalue weighted by molar-refractivity contribution is -0.0226. The van der Waals surface area contributed by atoms with Gasteiger partial charge in [0.05, 0.1) is 18.3 Å². The van der Waals surface area contributed by atoms with Crippen LogP contribution in [0.3, 0.4) is 0 Å². The zero-order chi connectivity index (χ0) is 13.7. The predicted molar refractivity (Wildman–Crippen MR) is 74.3 cm³/mol. The van der Waals surface area contributed by atoms with Crippen molar-refractivity contribution in [3.05, 3.63) is 23.9 Å². The van der Waals surface area contributed by atoms with E-state index in [0.29, 0.717) is 31.1 Å². The first-order valence-corrected chi connectivity index (χ1v) is 6.86. The fraction of sp³-hybridized carbons (Fsp3) is 0.571. The van der Waals surface area contributed by atoms with Gasteiger partial charge in [-0.1, -0.05) is 6.92 Å². The van der Waals surface area contributed by atoms with Crippen LogP contribution in [0.2, 0.25) is 0 Å². The fourth-order valence-corrected chi connectivity index (χ4v) is 2.21. The van der Waals surface area contributed by atoms with Gasteiger partial charge < -0.3 is 15.0 Å². The summed E-state index contributed by atoms with van der Waals surface area (Å²) in [5.74, 6) is 0.695. The van der Waals surface area contributed by atoms with E-state index in [2.05, 4.69) is 17.2 Å². The average Bonchev–Trinajstić information content (AvgIpc) is 2.47. The number of hydrogen-bond donors (Lipinski definition) is 1. The fourth-order valence-electron chi connectivity index (χ4n) is 2.21. The molecular formula is C14H21N3O2. The molecule has 1 aliphatic heterocycles. The number of pyridine rings is 1. The first-order chi connectivity index (χ1) is 9.26. The van der Waals surface area contributed by atoms with Gasteiger partial charge in [0, 0.05) is 25.8 Å². The van der Waals surface area contributed by atoms with Crippen LogP contribution in [-0.2, 0) is 4.74 Å². The van der Waals surface area contributed by atoms with Crippen molar-refractivity contribution in [2.75, 3.05) is 31.6 Å². The number of rotatable bonds is 4. The number of ether oxygens (including phenoxy) is 1. The molecule has 1 aliphatic rings. The van der Waals surface area contributed by atoms with Gasteiger partial charge >= 0.3 is 0 Å². The minimum Gasteiger partial charge on any atom is -0.375 e. The van der Waals surface area contributed by atoms with Gasteiger partial charge in [-0.3, -0.25) is 4.79 Å². The molecule has 1 aromatic rings. The second kappa shape index (κ2) is 6.52. The maximum atomic E-state index is 12.5. The average molecular weight is 263 g/mol. The lowest BCUT2D eigenvalue weighted by Gasteiger charge is -2.32. The smallest absolute Gasteiger partial charge is 0.257 e. The van der Waals surface area contributed by atoms with E-state index in [-0.39, 0.29) is 12.0 Å². The Morgan fingerprint density at radius 2 is 2.42 bits per heavy atom. The molecule has 1 atom stereocenters. The second-order valence-corrected chi connectivity index (χ2v) is 4.58. The number of carbonyl (C=O) groups is 1. The molecule has 1 N–H and O–H groups in total. The van der Waals surface area contributed by atoms with E-state index in [1.807, 2.05) is 17.9 Å². The number of nitrogens with one attached hydrogen (secondary N) is 1. The van der Waals surface area contributed by atoms with Crippen LogP contribution in [0.15, 0.2) is 18.3 Å². The molecule has 0 saturated carbocycles. The van der Waals surface area contributed by atoms with Crippen LogP contribution in [0.1, 0.15) is 30.6 Å². The Hall–Kier alpha value is -1.62. The molecule has 19 heavy (non-hydrogen) atoms. The zero-order valence-corrected chi connectivity index (χ0v) is 11.6. The summed E-state index contributed by atoms with van der Waals surface area (Å²) in [4.78, 5) is 18.6. The number of morpholine rings is 1. The molecule has 0 aromatic carbocycles. The van der Waals surface area contributed by atoms with Gasteiger partial charge in [-0.2, -0.15) is 0 Å². The van der Waals surface area contributed by atoms with Crippen molar-refractivity contribution in [1.29, 1.82) is 0 Å². The van der Waals surface area contributed by atoms with E-state index in [1.54, 1.807) is 12.3 Å². The Bertz CT molecular complexity index is 436. The normalized spacial score (nSPS) is 19.3. The molecule has 5 heteroatoms. The lowest BCUT2D eigenvalue weighted by atomic mass is 10.1. The Morgan fingerprint density at radius 1 is 1.58 bits per heavy atom. The van der Waals surface area contributed by atoms with Gasteiger partial charge in [-0.25, -0.2) is 4.98 Å². The summed E-state index contributed by atoms with van der Waals surface area (Å²) in [6.45, 7) is 6.74. The Labute approximate surface area is 114 Å². The summed E-state index contributed by atoms with van der Waals surface area (Å²) in [6.07, 6.45) is 2.77. The first kappa shape index (κ1) is 13.8. The van der Waals surface area contributed by atoms with Crippen molar-refractivity contribution in [3.8, 4) is 0 Å². The van der Waals surface area contributed by atoms with E-state index < -0.39 is 0 Å². The van der Waals surface area contributed by atoms with Crippen LogP contribution >= 0.6 is 0 Å². The molecule has 1 fully saturated rings. The summed E-state index contributed by atoms with van der Waals surface area (Å²) in [6, 6.07) is 3.62. The molecule has 2 heterocycles. The van der Waals surface area contributed by atoms with Crippen molar-refractivity contribution in [2.24, 2.45) is 0 Å². The number of carbonyl (C=O) groups excluding carboxylic acids is 1. The second-order valence-electron chi connectivity index (χ2n) is 4.58. The van der Waals surface area contributed by atoms with Crippen LogP contribution in [0.4, 0.5) is 5.82 Å². The molecule has 1 unspecified atom stereocenters. The molecule has 1 saturated heterocycles. The summed E-state index contributed by atoms with van der Waals surface area (Å²) in [5, 5.41) is 3.13. The third-order valence-corrected chi connectivity index (χ3v) is 3.26. The van der Waals surface area contributed by atoms with E-state index >= 15 is 0 Å². The van der Waals surface area contributed by atoms with Gasteiger partial charge in [0.2, 0.25) is 0 Å². The molecule has 104 valence electrons. The highest BCUT2D eigenvalue weighted by atomic mass is 16.5. The van der Waals surface area contributed by atoms with Crippen molar-refractivity contribution in [3.63, 3.8) is 0 Å². The zero-order valence-electron chi connectivity index (χ0n) is 11.6. The number of nitrogens with zero attached hydrogens (tertiary/aromatic N) is 2. The summed E-state index contributed by atoms with van der Waals surface area (Å²) in [7, 11) is 0. The van der Waals surface area contributed by atoms with Crippen molar-refractivity contribution < 1.29 is 9.53 Å². The molecule has 0 bridgehead atoms. The van der Waals surface area contributed by atoms with Crippen molar-refractivity contribution >= 4 is 11.7 Å². The van der Waals surface area contributed by atoms with Crippen LogP contribution in [0, 0.1) is 0 Å². The van der Waals surface area contributed by atoms with Crippen LogP contribution in [0.25, 0.3) is 0 Å². The van der Waals surface area contributed by atoms with Gasteiger partial charge in [-0.15, -0.1) is 0 Å². The number of amides is 1. The minimum atomic E-state index is 0.0331. The van der Waals surface area contributed by atoms with Crippen molar-refractivity contribution in [2.45, 2.75) is 26.4 Å². The maximum Gasteiger partial charge on any atom is 0.257 e. The van der Waals surface area contributed by atoms with Gasteiger partial charge in [0.25, 0.3) is 5.91 Å². The molecule has 0 aliphatic carbocycles. The molecule has 0 radical (unpaired) electrons. The number of anilines is 1. The molecule has 1 aromatic heterocycles. The van der Waals surface area contributed by atoms with E-state index in [0.717, 1.165) is 13.0 Å².